The van der Waals surface area contributed by atoms with Crippen molar-refractivity contribution in [2.75, 3.05) is 6.61 Å². The summed E-state index contributed by atoms with van der Waals surface area (Å²) in [6.45, 7) is 0.593. The summed E-state index contributed by atoms with van der Waals surface area (Å²) < 4.78 is 5.59. The summed E-state index contributed by atoms with van der Waals surface area (Å²) >= 11 is 0. The van der Waals surface area contributed by atoms with Crippen molar-refractivity contribution >= 4 is 5.90 Å². The van der Waals surface area contributed by atoms with Gasteiger partial charge in [-0.3, -0.25) is 4.98 Å². The fourth-order valence-electron chi connectivity index (χ4n) is 1.85. The van der Waals surface area contributed by atoms with Crippen molar-refractivity contribution in [2.24, 2.45) is 4.99 Å². The van der Waals surface area contributed by atoms with Gasteiger partial charge in [0, 0.05) is 6.20 Å². The second-order valence-corrected chi connectivity index (χ2v) is 3.89. The Labute approximate surface area is 99.8 Å². The van der Waals surface area contributed by atoms with Gasteiger partial charge in [0.25, 0.3) is 0 Å². The second-order valence-electron chi connectivity index (χ2n) is 3.89. The van der Waals surface area contributed by atoms with Crippen molar-refractivity contribution in [3.8, 4) is 0 Å². The van der Waals surface area contributed by atoms with E-state index in [-0.39, 0.29) is 6.04 Å². The van der Waals surface area contributed by atoms with Gasteiger partial charge in [0.05, 0.1) is 0 Å². The molecule has 0 radical (unpaired) electrons. The molecule has 0 saturated heterocycles. The summed E-state index contributed by atoms with van der Waals surface area (Å²) in [5.41, 5.74) is 1.98. The molecular formula is C14H12N2O. The molecule has 0 fully saturated rings. The molecule has 0 aliphatic carbocycles. The molecule has 2 heterocycles. The van der Waals surface area contributed by atoms with Crippen LogP contribution in [0.25, 0.3) is 0 Å². The number of aromatic nitrogens is 1. The molecule has 2 aromatic rings. The first-order chi connectivity index (χ1) is 8.43. The van der Waals surface area contributed by atoms with E-state index in [1.54, 1.807) is 6.20 Å². The first-order valence-corrected chi connectivity index (χ1v) is 5.60. The maximum absolute atomic E-state index is 5.59. The Morgan fingerprint density at radius 2 is 1.82 bits per heavy atom. The zero-order valence-corrected chi connectivity index (χ0v) is 9.28. The van der Waals surface area contributed by atoms with Crippen molar-refractivity contribution in [1.29, 1.82) is 0 Å². The Morgan fingerprint density at radius 3 is 2.59 bits per heavy atom. The van der Waals surface area contributed by atoms with E-state index in [1.165, 1.54) is 5.56 Å². The first-order valence-electron chi connectivity index (χ1n) is 5.60. The van der Waals surface area contributed by atoms with E-state index in [4.69, 9.17) is 4.74 Å². The predicted molar refractivity (Wildman–Crippen MR) is 65.9 cm³/mol. The van der Waals surface area contributed by atoms with Crippen LogP contribution in [0.4, 0.5) is 0 Å². The van der Waals surface area contributed by atoms with Crippen molar-refractivity contribution in [3.05, 3.63) is 66.0 Å². The van der Waals surface area contributed by atoms with Crippen LogP contribution in [-0.2, 0) is 4.74 Å². The Balaban J connectivity index is 1.87. The van der Waals surface area contributed by atoms with E-state index >= 15 is 0 Å². The summed E-state index contributed by atoms with van der Waals surface area (Å²) in [6.07, 6.45) is 1.75. The minimum Gasteiger partial charge on any atom is -0.474 e. The minimum atomic E-state index is 0.0909. The van der Waals surface area contributed by atoms with Crippen molar-refractivity contribution in [1.82, 2.24) is 4.98 Å². The Hall–Kier alpha value is -2.16. The molecule has 0 saturated carbocycles. The molecule has 1 atom stereocenters. The number of hydrogen-bond donors (Lipinski definition) is 0. The van der Waals surface area contributed by atoms with Crippen LogP contribution in [0.2, 0.25) is 0 Å². The van der Waals surface area contributed by atoms with Crippen molar-refractivity contribution in [2.45, 2.75) is 6.04 Å². The lowest BCUT2D eigenvalue weighted by atomic mass is 10.1. The van der Waals surface area contributed by atoms with Gasteiger partial charge in [0.15, 0.2) is 0 Å². The lowest BCUT2D eigenvalue weighted by molar-refractivity contribution is 0.319. The molecule has 3 nitrogen and oxygen atoms in total. The summed E-state index contributed by atoms with van der Waals surface area (Å²) in [5.74, 6) is 0.638. The van der Waals surface area contributed by atoms with E-state index in [0.29, 0.717) is 12.5 Å². The molecule has 0 spiro atoms. The number of ether oxygens (including phenoxy) is 1. The van der Waals surface area contributed by atoms with Gasteiger partial charge >= 0.3 is 0 Å². The molecule has 3 heteroatoms. The molecule has 3 rings (SSSR count). The maximum Gasteiger partial charge on any atom is 0.236 e. The van der Waals surface area contributed by atoms with E-state index in [9.17, 15) is 0 Å². The van der Waals surface area contributed by atoms with Gasteiger partial charge in [0.1, 0.15) is 18.3 Å². The second kappa shape index (κ2) is 4.37. The third kappa shape index (κ3) is 2.04. The van der Waals surface area contributed by atoms with Crippen LogP contribution in [0.5, 0.6) is 0 Å². The van der Waals surface area contributed by atoms with Crippen molar-refractivity contribution < 1.29 is 4.74 Å². The lowest BCUT2D eigenvalue weighted by Gasteiger charge is -2.03. The quantitative estimate of drug-likeness (QED) is 0.785. The molecule has 1 aromatic carbocycles. The molecule has 84 valence electrons. The van der Waals surface area contributed by atoms with Gasteiger partial charge in [-0.25, -0.2) is 4.99 Å². The highest BCUT2D eigenvalue weighted by Gasteiger charge is 2.21. The first kappa shape index (κ1) is 10.0. The molecule has 0 amide bonds. The minimum absolute atomic E-state index is 0.0909. The van der Waals surface area contributed by atoms with Crippen LogP contribution in [-0.4, -0.2) is 17.5 Å². The van der Waals surface area contributed by atoms with Gasteiger partial charge in [-0.15, -0.1) is 0 Å². The number of benzene rings is 1. The molecule has 0 bridgehead atoms. The summed E-state index contributed by atoms with van der Waals surface area (Å²) in [6, 6.07) is 16.0. The highest BCUT2D eigenvalue weighted by molar-refractivity contribution is 5.93. The molecular weight excluding hydrogens is 212 g/mol. The Kier molecular flexibility index (Phi) is 2.58. The average Bonchev–Trinajstić information content (AvgIpc) is 2.90. The smallest absolute Gasteiger partial charge is 0.236 e. The number of rotatable bonds is 2. The molecule has 17 heavy (non-hydrogen) atoms. The van der Waals surface area contributed by atoms with E-state index in [1.807, 2.05) is 36.4 Å². The number of hydrogen-bond acceptors (Lipinski definition) is 3. The lowest BCUT2D eigenvalue weighted by Crippen LogP contribution is -2.03. The van der Waals surface area contributed by atoms with Crippen molar-refractivity contribution in [3.63, 3.8) is 0 Å². The van der Waals surface area contributed by atoms with E-state index in [2.05, 4.69) is 22.1 Å². The highest BCUT2D eigenvalue weighted by Crippen LogP contribution is 2.24. The van der Waals surface area contributed by atoms with Gasteiger partial charge in [-0.1, -0.05) is 36.4 Å². The van der Waals surface area contributed by atoms with E-state index < -0.39 is 0 Å². The zero-order valence-electron chi connectivity index (χ0n) is 9.28. The SMILES string of the molecule is c1ccc([C@@H]2COC(c3ccccn3)=N2)cc1. The van der Waals surface area contributed by atoms with Crippen LogP contribution >= 0.6 is 0 Å². The van der Waals surface area contributed by atoms with Crippen LogP contribution in [0.1, 0.15) is 17.3 Å². The van der Waals surface area contributed by atoms with Crippen LogP contribution in [0.15, 0.2) is 59.7 Å². The topological polar surface area (TPSA) is 34.5 Å². The average molecular weight is 224 g/mol. The monoisotopic (exact) mass is 224 g/mol. The number of nitrogens with zero attached hydrogens (tertiary/aromatic N) is 2. The van der Waals surface area contributed by atoms with E-state index in [0.717, 1.165) is 5.69 Å². The summed E-state index contributed by atoms with van der Waals surface area (Å²) in [5, 5.41) is 0. The summed E-state index contributed by atoms with van der Waals surface area (Å²) in [7, 11) is 0. The Morgan fingerprint density at radius 1 is 1.00 bits per heavy atom. The predicted octanol–water partition coefficient (Wildman–Crippen LogP) is 2.60. The standard InChI is InChI=1S/C14H12N2O/c1-2-6-11(7-3-1)13-10-17-14(16-13)12-8-4-5-9-15-12/h1-9,13H,10H2/t13-/m0/s1. The van der Waals surface area contributed by atoms with Gasteiger partial charge < -0.3 is 4.74 Å². The fourth-order valence-corrected chi connectivity index (χ4v) is 1.85. The fraction of sp³-hybridized carbons (Fsp3) is 0.143. The number of aliphatic imine (C=N–C) groups is 1. The van der Waals surface area contributed by atoms with Gasteiger partial charge in [-0.05, 0) is 17.7 Å². The molecule has 1 aromatic heterocycles. The van der Waals surface area contributed by atoms with Crippen LogP contribution in [0.3, 0.4) is 0 Å². The number of pyridine rings is 1. The van der Waals surface area contributed by atoms with Gasteiger partial charge in [0.2, 0.25) is 5.90 Å². The van der Waals surface area contributed by atoms with Crippen LogP contribution < -0.4 is 0 Å². The Bertz CT molecular complexity index is 522. The largest absolute Gasteiger partial charge is 0.474 e. The maximum atomic E-state index is 5.59. The molecule has 0 unspecified atom stereocenters. The zero-order chi connectivity index (χ0) is 11.5. The summed E-state index contributed by atoms with van der Waals surface area (Å²) in [4.78, 5) is 8.79. The third-order valence-electron chi connectivity index (χ3n) is 2.72. The molecule has 0 N–H and O–H groups in total. The van der Waals surface area contributed by atoms with Gasteiger partial charge in [-0.2, -0.15) is 0 Å². The van der Waals surface area contributed by atoms with Crippen LogP contribution in [0, 0.1) is 0 Å². The molecule has 1 aliphatic rings. The highest BCUT2D eigenvalue weighted by atomic mass is 16.5. The third-order valence-corrected chi connectivity index (χ3v) is 2.72. The molecule has 1 aliphatic heterocycles. The normalized spacial score (nSPS) is 18.6.